The van der Waals surface area contributed by atoms with Gasteiger partial charge in [0.1, 0.15) is 5.75 Å². The van der Waals surface area contributed by atoms with Gasteiger partial charge in [-0.25, -0.2) is 0 Å². The molecule has 0 aliphatic carbocycles. The van der Waals surface area contributed by atoms with Crippen LogP contribution >= 0.6 is 15.9 Å². The van der Waals surface area contributed by atoms with Crippen molar-refractivity contribution in [3.05, 3.63) is 64.1 Å². The van der Waals surface area contributed by atoms with E-state index >= 15 is 0 Å². The Morgan fingerprint density at radius 2 is 1.68 bits per heavy atom. The number of esters is 1. The van der Waals surface area contributed by atoms with Crippen LogP contribution in [-0.2, 0) is 20.7 Å². The summed E-state index contributed by atoms with van der Waals surface area (Å²) in [5, 5.41) is 2.91. The van der Waals surface area contributed by atoms with Crippen LogP contribution in [0.1, 0.15) is 23.6 Å². The van der Waals surface area contributed by atoms with Gasteiger partial charge in [0.05, 0.1) is 33.1 Å². The fourth-order valence-corrected chi connectivity index (χ4v) is 2.64. The van der Waals surface area contributed by atoms with Crippen LogP contribution in [0.3, 0.4) is 0 Å². The summed E-state index contributed by atoms with van der Waals surface area (Å²) in [6, 6.07) is 14.3. The van der Waals surface area contributed by atoms with Gasteiger partial charge in [-0.3, -0.25) is 9.59 Å². The van der Waals surface area contributed by atoms with E-state index in [1.807, 2.05) is 48.5 Å². The lowest BCUT2D eigenvalue weighted by Crippen LogP contribution is -2.31. The van der Waals surface area contributed by atoms with Gasteiger partial charge in [-0.15, -0.1) is 0 Å². The highest BCUT2D eigenvalue weighted by Gasteiger charge is 2.19. The summed E-state index contributed by atoms with van der Waals surface area (Å²) in [5.74, 6) is 0.197. The molecule has 6 heteroatoms. The monoisotopic (exact) mass is 405 g/mol. The number of nitrogens with one attached hydrogen (secondary N) is 1. The zero-order chi connectivity index (χ0) is 18.2. The minimum absolute atomic E-state index is 0.0759. The van der Waals surface area contributed by atoms with E-state index in [1.54, 1.807) is 7.11 Å². The number of hydrogen-bond acceptors (Lipinski definition) is 4. The van der Waals surface area contributed by atoms with E-state index in [1.165, 1.54) is 7.11 Å². The average Bonchev–Trinajstić information content (AvgIpc) is 2.62. The van der Waals surface area contributed by atoms with E-state index < -0.39 is 6.04 Å². The van der Waals surface area contributed by atoms with Gasteiger partial charge >= 0.3 is 5.97 Å². The molecule has 0 aliphatic heterocycles. The zero-order valence-electron chi connectivity index (χ0n) is 14.1. The number of amides is 1. The van der Waals surface area contributed by atoms with Crippen LogP contribution in [0.25, 0.3) is 0 Å². The third-order valence-electron chi connectivity index (χ3n) is 3.73. The number of rotatable bonds is 7. The topological polar surface area (TPSA) is 64.6 Å². The summed E-state index contributed by atoms with van der Waals surface area (Å²) in [6.07, 6.45) is 0.296. The molecule has 1 amide bonds. The largest absolute Gasteiger partial charge is 0.497 e. The van der Waals surface area contributed by atoms with Gasteiger partial charge in [0, 0.05) is 4.47 Å². The van der Waals surface area contributed by atoms with Gasteiger partial charge in [0.25, 0.3) is 0 Å². The molecule has 0 saturated carbocycles. The molecule has 2 aromatic rings. The number of carbonyl (C=O) groups excluding carboxylic acids is 2. The van der Waals surface area contributed by atoms with Crippen LogP contribution in [0.15, 0.2) is 53.0 Å². The maximum Gasteiger partial charge on any atom is 0.307 e. The van der Waals surface area contributed by atoms with E-state index in [0.29, 0.717) is 0 Å². The summed E-state index contributed by atoms with van der Waals surface area (Å²) < 4.78 is 10.8. The third kappa shape index (κ3) is 5.90. The number of hydrogen-bond donors (Lipinski definition) is 1. The Balaban J connectivity index is 2.07. The molecule has 0 aromatic heterocycles. The number of ether oxygens (including phenoxy) is 2. The number of halogens is 1. The molecule has 1 atom stereocenters. The number of methoxy groups -OCH3 is 2. The average molecular weight is 406 g/mol. The molecule has 25 heavy (non-hydrogen) atoms. The molecule has 0 aliphatic rings. The summed E-state index contributed by atoms with van der Waals surface area (Å²) in [4.78, 5) is 24.1. The van der Waals surface area contributed by atoms with E-state index in [-0.39, 0.29) is 24.7 Å². The Hall–Kier alpha value is -2.34. The van der Waals surface area contributed by atoms with Crippen molar-refractivity contribution in [2.24, 2.45) is 0 Å². The first-order valence-electron chi connectivity index (χ1n) is 7.76. The fourth-order valence-electron chi connectivity index (χ4n) is 2.37. The van der Waals surface area contributed by atoms with Gasteiger partial charge in [-0.1, -0.05) is 40.2 Å². The van der Waals surface area contributed by atoms with Crippen molar-refractivity contribution in [3.63, 3.8) is 0 Å². The second-order valence-corrected chi connectivity index (χ2v) is 6.39. The van der Waals surface area contributed by atoms with E-state index in [2.05, 4.69) is 21.2 Å². The molecule has 5 nitrogen and oxygen atoms in total. The summed E-state index contributed by atoms with van der Waals surface area (Å²) >= 11 is 3.38. The summed E-state index contributed by atoms with van der Waals surface area (Å²) in [7, 11) is 2.93. The Kier molecular flexibility index (Phi) is 7.01. The quantitative estimate of drug-likeness (QED) is 0.716. The van der Waals surface area contributed by atoms with Gasteiger partial charge in [0.2, 0.25) is 5.91 Å². The normalized spacial score (nSPS) is 11.5. The first-order chi connectivity index (χ1) is 12.0. The lowest BCUT2D eigenvalue weighted by Gasteiger charge is -2.18. The summed E-state index contributed by atoms with van der Waals surface area (Å²) in [6.45, 7) is 0. The highest BCUT2D eigenvalue weighted by molar-refractivity contribution is 9.10. The lowest BCUT2D eigenvalue weighted by molar-refractivity contribution is -0.141. The van der Waals surface area contributed by atoms with Crippen LogP contribution in [0.2, 0.25) is 0 Å². The van der Waals surface area contributed by atoms with E-state index in [9.17, 15) is 9.59 Å². The van der Waals surface area contributed by atoms with E-state index in [4.69, 9.17) is 9.47 Å². The van der Waals surface area contributed by atoms with Crippen LogP contribution < -0.4 is 10.1 Å². The molecular weight excluding hydrogens is 386 g/mol. The molecule has 0 heterocycles. The van der Waals surface area contributed by atoms with E-state index in [0.717, 1.165) is 21.3 Å². The maximum atomic E-state index is 12.4. The van der Waals surface area contributed by atoms with Crippen molar-refractivity contribution in [1.82, 2.24) is 5.32 Å². The van der Waals surface area contributed by atoms with Gasteiger partial charge in [-0.2, -0.15) is 0 Å². The third-order valence-corrected chi connectivity index (χ3v) is 4.26. The van der Waals surface area contributed by atoms with Crippen LogP contribution in [0, 0.1) is 0 Å². The molecule has 132 valence electrons. The van der Waals surface area contributed by atoms with Crippen LogP contribution in [0.4, 0.5) is 0 Å². The molecular formula is C19H20BrNO4. The summed E-state index contributed by atoms with van der Waals surface area (Å²) in [5.41, 5.74) is 1.71. The SMILES string of the molecule is COC(=O)CC(NC(=O)Cc1ccc(OC)cc1)c1ccc(Br)cc1. The highest BCUT2D eigenvalue weighted by atomic mass is 79.9. The van der Waals surface area contributed by atoms with Gasteiger partial charge in [-0.05, 0) is 35.4 Å². The highest BCUT2D eigenvalue weighted by Crippen LogP contribution is 2.21. The maximum absolute atomic E-state index is 12.4. The first-order valence-corrected chi connectivity index (χ1v) is 8.55. The predicted molar refractivity (Wildman–Crippen MR) is 98.4 cm³/mol. The molecule has 0 bridgehead atoms. The molecule has 0 saturated heterocycles. The second kappa shape index (κ2) is 9.22. The molecule has 2 aromatic carbocycles. The number of carbonyl (C=O) groups is 2. The van der Waals surface area contributed by atoms with Crippen LogP contribution in [-0.4, -0.2) is 26.1 Å². The zero-order valence-corrected chi connectivity index (χ0v) is 15.7. The van der Waals surface area contributed by atoms with Crippen molar-refractivity contribution < 1.29 is 19.1 Å². The second-order valence-electron chi connectivity index (χ2n) is 5.48. The fraction of sp³-hybridized carbons (Fsp3) is 0.263. The molecule has 2 rings (SSSR count). The Morgan fingerprint density at radius 3 is 2.24 bits per heavy atom. The van der Waals surface area contributed by atoms with Crippen molar-refractivity contribution in [2.45, 2.75) is 18.9 Å². The Bertz CT molecular complexity index is 713. The molecule has 0 spiro atoms. The molecule has 1 unspecified atom stereocenters. The van der Waals surface area contributed by atoms with Gasteiger partial charge < -0.3 is 14.8 Å². The van der Waals surface area contributed by atoms with Crippen molar-refractivity contribution in [2.75, 3.05) is 14.2 Å². The molecule has 0 fully saturated rings. The van der Waals surface area contributed by atoms with Crippen molar-refractivity contribution >= 4 is 27.8 Å². The smallest absolute Gasteiger partial charge is 0.307 e. The standard InChI is InChI=1S/C19H20BrNO4/c1-24-16-9-3-13(4-10-16)11-18(22)21-17(12-19(23)25-2)14-5-7-15(20)8-6-14/h3-10,17H,11-12H2,1-2H3,(H,21,22). The molecule has 0 radical (unpaired) electrons. The lowest BCUT2D eigenvalue weighted by atomic mass is 10.0. The van der Waals surface area contributed by atoms with Crippen molar-refractivity contribution in [3.8, 4) is 5.75 Å². The first kappa shape index (κ1) is 19.0. The minimum Gasteiger partial charge on any atom is -0.497 e. The molecule has 1 N–H and O–H groups in total. The van der Waals surface area contributed by atoms with Crippen molar-refractivity contribution in [1.29, 1.82) is 0 Å². The Labute approximate surface area is 155 Å². The van der Waals surface area contributed by atoms with Gasteiger partial charge in [0.15, 0.2) is 0 Å². The van der Waals surface area contributed by atoms with Crippen LogP contribution in [0.5, 0.6) is 5.75 Å². The predicted octanol–water partition coefficient (Wildman–Crippen LogP) is 3.42. The number of benzene rings is 2. The minimum atomic E-state index is -0.439. The Morgan fingerprint density at radius 1 is 1.04 bits per heavy atom.